The maximum atomic E-state index is 14.8. The molecule has 1 aliphatic heterocycles. The van der Waals surface area contributed by atoms with Crippen LogP contribution in [0.1, 0.15) is 10.5 Å². The van der Waals surface area contributed by atoms with Crippen LogP contribution in [0.3, 0.4) is 0 Å². The second-order valence-electron chi connectivity index (χ2n) is 8.25. The summed E-state index contributed by atoms with van der Waals surface area (Å²) in [6, 6.07) is 10.5. The lowest BCUT2D eigenvalue weighted by Gasteiger charge is -2.26. The molecule has 1 aliphatic rings. The Morgan fingerprint density at radius 1 is 1.00 bits per heavy atom. The quantitative estimate of drug-likeness (QED) is 0.359. The number of amides is 3. The second-order valence-corrected chi connectivity index (χ2v) is 8.66. The molecule has 0 bridgehead atoms. The zero-order chi connectivity index (χ0) is 27.4. The summed E-state index contributed by atoms with van der Waals surface area (Å²) >= 11 is 5.79. The molecule has 1 fully saturated rings. The number of halogens is 3. The number of rotatable bonds is 6. The third kappa shape index (κ3) is 6.27. The third-order valence-electron chi connectivity index (χ3n) is 5.58. The maximum absolute atomic E-state index is 14.8. The lowest BCUT2D eigenvalue weighted by atomic mass is 10.2. The van der Waals surface area contributed by atoms with E-state index in [0.29, 0.717) is 32.0 Å². The molecule has 0 atom stereocenters. The number of nitrogens with zero attached hydrogens (tertiary/aromatic N) is 5. The summed E-state index contributed by atoms with van der Waals surface area (Å²) in [5, 5.41) is 12.7. The molecule has 1 saturated heterocycles. The molecule has 2 aromatic carbocycles. The number of hydrogen-bond donors (Lipinski definition) is 2. The molecule has 11 nitrogen and oxygen atoms in total. The van der Waals surface area contributed by atoms with E-state index in [-0.39, 0.29) is 39.8 Å². The number of nitrogens with one attached hydrogen (secondary N) is 2. The fraction of sp³-hybridized carbons (Fsp3) is 0.160. The van der Waals surface area contributed by atoms with Crippen molar-refractivity contribution >= 4 is 35.0 Å². The van der Waals surface area contributed by atoms with E-state index in [1.165, 1.54) is 59.5 Å². The highest BCUT2D eigenvalue weighted by Crippen LogP contribution is 2.28. The van der Waals surface area contributed by atoms with E-state index < -0.39 is 17.5 Å². The van der Waals surface area contributed by atoms with Gasteiger partial charge in [-0.25, -0.2) is 23.2 Å². The molecule has 4 aromatic rings. The Bertz CT molecular complexity index is 1530. The summed E-state index contributed by atoms with van der Waals surface area (Å²) < 4.78 is 40.3. The number of benzene rings is 2. The maximum Gasteiger partial charge on any atom is 0.323 e. The molecule has 2 aromatic heterocycles. The second kappa shape index (κ2) is 11.4. The van der Waals surface area contributed by atoms with Gasteiger partial charge in [0.1, 0.15) is 17.4 Å². The van der Waals surface area contributed by atoms with Crippen LogP contribution in [-0.4, -0.2) is 63.1 Å². The molecule has 0 aliphatic carbocycles. The number of carbonyl (C=O) groups excluding carboxylic acids is 2. The summed E-state index contributed by atoms with van der Waals surface area (Å²) in [4.78, 5) is 30.7. The molecule has 0 spiro atoms. The zero-order valence-corrected chi connectivity index (χ0v) is 20.9. The monoisotopic (exact) mass is 555 g/mol. The molecular formula is C25H20ClF2N7O4. The summed E-state index contributed by atoms with van der Waals surface area (Å²) in [6.07, 6.45) is 2.75. The van der Waals surface area contributed by atoms with Crippen molar-refractivity contribution in [2.45, 2.75) is 0 Å². The average molecular weight is 556 g/mol. The van der Waals surface area contributed by atoms with Crippen molar-refractivity contribution in [2.75, 3.05) is 36.9 Å². The van der Waals surface area contributed by atoms with Crippen LogP contribution in [0.15, 0.2) is 60.9 Å². The minimum absolute atomic E-state index is 0.0559. The Morgan fingerprint density at radius 3 is 2.59 bits per heavy atom. The minimum Gasteiger partial charge on any atom is -0.454 e. The van der Waals surface area contributed by atoms with Crippen LogP contribution in [0, 0.1) is 11.6 Å². The topological polar surface area (TPSA) is 124 Å². The summed E-state index contributed by atoms with van der Waals surface area (Å²) in [6.45, 7) is 1.87. The van der Waals surface area contributed by atoms with Gasteiger partial charge in [0, 0.05) is 37.1 Å². The van der Waals surface area contributed by atoms with Crippen LogP contribution in [0.25, 0.3) is 5.69 Å². The van der Waals surface area contributed by atoms with E-state index in [4.69, 9.17) is 21.1 Å². The highest BCUT2D eigenvalue weighted by atomic mass is 35.5. The van der Waals surface area contributed by atoms with Crippen LogP contribution in [-0.2, 0) is 4.74 Å². The number of aromatic nitrogens is 4. The van der Waals surface area contributed by atoms with Crippen molar-refractivity contribution in [3.63, 3.8) is 0 Å². The van der Waals surface area contributed by atoms with Crippen molar-refractivity contribution in [1.29, 1.82) is 0 Å². The van der Waals surface area contributed by atoms with Gasteiger partial charge in [-0.2, -0.15) is 0 Å². The van der Waals surface area contributed by atoms with Crippen LogP contribution >= 0.6 is 11.6 Å². The first-order valence-corrected chi connectivity index (χ1v) is 12.0. The Balaban J connectivity index is 1.22. The Morgan fingerprint density at radius 2 is 1.82 bits per heavy atom. The molecule has 3 amide bonds. The van der Waals surface area contributed by atoms with Gasteiger partial charge >= 0.3 is 6.03 Å². The number of pyridine rings is 1. The minimum atomic E-state index is -0.742. The fourth-order valence-corrected chi connectivity index (χ4v) is 3.78. The Hall–Kier alpha value is -4.62. The molecule has 0 radical (unpaired) electrons. The molecule has 39 heavy (non-hydrogen) atoms. The first-order valence-electron chi connectivity index (χ1n) is 11.6. The van der Waals surface area contributed by atoms with Crippen LogP contribution in [0.2, 0.25) is 5.02 Å². The Labute approximate surface area is 225 Å². The van der Waals surface area contributed by atoms with Gasteiger partial charge in [0.2, 0.25) is 0 Å². The molecule has 3 heterocycles. The average Bonchev–Trinajstić information content (AvgIpc) is 3.43. The molecular weight excluding hydrogens is 536 g/mol. The number of anilines is 2. The van der Waals surface area contributed by atoms with Gasteiger partial charge in [-0.3, -0.25) is 10.1 Å². The van der Waals surface area contributed by atoms with Crippen molar-refractivity contribution in [1.82, 2.24) is 24.9 Å². The number of ether oxygens (including phenoxy) is 2. The zero-order valence-electron chi connectivity index (χ0n) is 20.1. The van der Waals surface area contributed by atoms with Crippen LogP contribution in [0.5, 0.6) is 11.5 Å². The number of hydrogen-bond acceptors (Lipinski definition) is 7. The highest BCUT2D eigenvalue weighted by molar-refractivity contribution is 6.30. The summed E-state index contributed by atoms with van der Waals surface area (Å²) in [5.41, 5.74) is 0.498. The predicted octanol–water partition coefficient (Wildman–Crippen LogP) is 4.50. The summed E-state index contributed by atoms with van der Waals surface area (Å²) in [7, 11) is 0. The van der Waals surface area contributed by atoms with E-state index >= 15 is 0 Å². The van der Waals surface area contributed by atoms with Gasteiger partial charge in [0.05, 0.1) is 30.1 Å². The lowest BCUT2D eigenvalue weighted by molar-refractivity contribution is 0.0564. The van der Waals surface area contributed by atoms with E-state index in [1.54, 1.807) is 4.90 Å². The third-order valence-corrected chi connectivity index (χ3v) is 5.87. The Kier molecular flexibility index (Phi) is 7.61. The van der Waals surface area contributed by atoms with Gasteiger partial charge in [-0.05, 0) is 36.4 Å². The molecule has 0 saturated carbocycles. The van der Waals surface area contributed by atoms with Crippen molar-refractivity contribution < 1.29 is 27.8 Å². The van der Waals surface area contributed by atoms with E-state index in [9.17, 15) is 18.4 Å². The smallest absolute Gasteiger partial charge is 0.323 e. The molecule has 2 N–H and O–H groups in total. The van der Waals surface area contributed by atoms with Crippen molar-refractivity contribution in [3.05, 3.63) is 83.3 Å². The highest BCUT2D eigenvalue weighted by Gasteiger charge is 2.18. The largest absolute Gasteiger partial charge is 0.454 e. The van der Waals surface area contributed by atoms with E-state index in [1.807, 2.05) is 0 Å². The first kappa shape index (κ1) is 26.0. The molecule has 14 heteroatoms. The molecule has 0 unspecified atom stereocenters. The van der Waals surface area contributed by atoms with Gasteiger partial charge in [-0.15, -0.1) is 5.10 Å². The molecule has 200 valence electrons. The summed E-state index contributed by atoms with van der Waals surface area (Å²) in [5.74, 6) is -1.60. The lowest BCUT2D eigenvalue weighted by Crippen LogP contribution is -2.43. The van der Waals surface area contributed by atoms with E-state index in [2.05, 4.69) is 25.9 Å². The molecule has 5 rings (SSSR count). The number of morpholine rings is 1. The van der Waals surface area contributed by atoms with Gasteiger partial charge in [0.25, 0.3) is 5.91 Å². The standard InChI is InChI=1S/C25H20ClF2N7O4/c26-18-12-16(2-3-19(18)27)35-14-21(32-33-35)24(36)30-15-1-4-22(20(28)11-15)39-17-5-6-29-23(13-17)31-25(37)34-7-9-38-10-8-34/h1-6,11-14H,7-10H2,(H,30,36)(H,29,31,37). The van der Waals surface area contributed by atoms with E-state index in [0.717, 1.165) is 6.07 Å². The van der Waals surface area contributed by atoms with Gasteiger partial charge in [-0.1, -0.05) is 16.8 Å². The number of urea groups is 1. The van der Waals surface area contributed by atoms with Gasteiger partial charge < -0.3 is 19.7 Å². The normalized spacial score (nSPS) is 13.2. The van der Waals surface area contributed by atoms with Crippen molar-refractivity contribution in [3.8, 4) is 17.2 Å². The first-order chi connectivity index (χ1) is 18.9. The van der Waals surface area contributed by atoms with Crippen LogP contribution < -0.4 is 15.4 Å². The van der Waals surface area contributed by atoms with Gasteiger partial charge in [0.15, 0.2) is 17.3 Å². The fourth-order valence-electron chi connectivity index (χ4n) is 3.60. The van der Waals surface area contributed by atoms with Crippen LogP contribution in [0.4, 0.5) is 25.1 Å². The SMILES string of the molecule is O=C(Nc1ccc(Oc2ccnc(NC(=O)N3CCOCC3)c2)c(F)c1)c1cn(-c2ccc(F)c(Cl)c2)nn1. The number of carbonyl (C=O) groups is 2. The van der Waals surface area contributed by atoms with Crippen molar-refractivity contribution in [2.24, 2.45) is 0 Å². The predicted molar refractivity (Wildman–Crippen MR) is 136 cm³/mol.